The lowest BCUT2D eigenvalue weighted by atomic mass is 10.2. The first-order valence-electron chi connectivity index (χ1n) is 8.32. The van der Waals surface area contributed by atoms with Gasteiger partial charge in [-0.25, -0.2) is 0 Å². The Morgan fingerprint density at radius 1 is 1.08 bits per heavy atom. The Bertz CT molecular complexity index is 686. The SMILES string of the molecule is O=C(CCSc1ccc(Cl)cc1)Nc1ccc(N2CCOCC2)cc1. The molecule has 0 aliphatic carbocycles. The molecule has 2 aromatic carbocycles. The number of benzene rings is 2. The molecule has 0 saturated carbocycles. The number of nitrogens with zero attached hydrogens (tertiary/aromatic N) is 1. The predicted molar refractivity (Wildman–Crippen MR) is 105 cm³/mol. The van der Waals surface area contributed by atoms with Crippen molar-refractivity contribution in [1.82, 2.24) is 0 Å². The molecule has 1 N–H and O–H groups in total. The average Bonchev–Trinajstić information content (AvgIpc) is 2.65. The molecular weight excluding hydrogens is 356 g/mol. The molecule has 1 aliphatic rings. The van der Waals surface area contributed by atoms with Crippen LogP contribution in [0.3, 0.4) is 0 Å². The van der Waals surface area contributed by atoms with E-state index >= 15 is 0 Å². The number of anilines is 2. The number of amides is 1. The van der Waals surface area contributed by atoms with Crippen LogP contribution in [0, 0.1) is 0 Å². The largest absolute Gasteiger partial charge is 0.378 e. The maximum atomic E-state index is 12.1. The highest BCUT2D eigenvalue weighted by molar-refractivity contribution is 7.99. The first kappa shape index (κ1) is 18.1. The van der Waals surface area contributed by atoms with Crippen LogP contribution >= 0.6 is 23.4 Å². The minimum atomic E-state index is 0.0283. The summed E-state index contributed by atoms with van der Waals surface area (Å²) in [4.78, 5) is 15.5. The summed E-state index contributed by atoms with van der Waals surface area (Å²) >= 11 is 7.52. The van der Waals surface area contributed by atoms with Gasteiger partial charge in [-0.1, -0.05) is 11.6 Å². The van der Waals surface area contributed by atoms with Gasteiger partial charge in [0.1, 0.15) is 0 Å². The van der Waals surface area contributed by atoms with Gasteiger partial charge in [-0.05, 0) is 48.5 Å². The van der Waals surface area contributed by atoms with E-state index in [2.05, 4.69) is 10.2 Å². The second-order valence-electron chi connectivity index (χ2n) is 5.75. The normalized spacial score (nSPS) is 14.4. The molecule has 0 radical (unpaired) electrons. The number of ether oxygens (including phenoxy) is 1. The van der Waals surface area contributed by atoms with Crippen LogP contribution in [0.2, 0.25) is 5.02 Å². The number of morpholine rings is 1. The van der Waals surface area contributed by atoms with Gasteiger partial charge in [0, 0.05) is 46.6 Å². The molecule has 0 aromatic heterocycles. The Labute approximate surface area is 157 Å². The first-order valence-corrected chi connectivity index (χ1v) is 9.68. The fourth-order valence-corrected chi connectivity index (χ4v) is 3.57. The van der Waals surface area contributed by atoms with Crippen molar-refractivity contribution in [1.29, 1.82) is 0 Å². The summed E-state index contributed by atoms with van der Waals surface area (Å²) in [6.45, 7) is 3.36. The highest BCUT2D eigenvalue weighted by Gasteiger charge is 2.11. The van der Waals surface area contributed by atoms with Crippen LogP contribution in [-0.4, -0.2) is 38.0 Å². The second-order valence-corrected chi connectivity index (χ2v) is 7.35. The molecule has 1 fully saturated rings. The van der Waals surface area contributed by atoms with Crippen molar-refractivity contribution in [3.05, 3.63) is 53.6 Å². The molecule has 0 unspecified atom stereocenters. The number of halogens is 1. The van der Waals surface area contributed by atoms with Gasteiger partial charge in [-0.2, -0.15) is 0 Å². The van der Waals surface area contributed by atoms with Gasteiger partial charge in [0.2, 0.25) is 5.91 Å². The highest BCUT2D eigenvalue weighted by atomic mass is 35.5. The van der Waals surface area contributed by atoms with Gasteiger partial charge in [0.05, 0.1) is 13.2 Å². The summed E-state index contributed by atoms with van der Waals surface area (Å²) in [5, 5.41) is 3.68. The van der Waals surface area contributed by atoms with Crippen molar-refractivity contribution in [3.8, 4) is 0 Å². The zero-order valence-corrected chi connectivity index (χ0v) is 15.5. The topological polar surface area (TPSA) is 41.6 Å². The molecule has 3 rings (SSSR count). The average molecular weight is 377 g/mol. The third kappa shape index (κ3) is 5.66. The first-order chi connectivity index (χ1) is 12.2. The third-order valence-corrected chi connectivity index (χ3v) is 5.20. The van der Waals surface area contributed by atoms with Gasteiger partial charge in [0.25, 0.3) is 0 Å². The molecule has 1 amide bonds. The minimum Gasteiger partial charge on any atom is -0.378 e. The second kappa shape index (κ2) is 9.13. The van der Waals surface area contributed by atoms with E-state index in [9.17, 15) is 4.79 Å². The Morgan fingerprint density at radius 2 is 1.76 bits per heavy atom. The van der Waals surface area contributed by atoms with Gasteiger partial charge < -0.3 is 15.0 Å². The molecule has 0 spiro atoms. The zero-order chi connectivity index (χ0) is 17.5. The molecule has 2 aromatic rings. The van der Waals surface area contributed by atoms with E-state index in [-0.39, 0.29) is 5.91 Å². The molecular formula is C19H21ClN2O2S. The van der Waals surface area contributed by atoms with E-state index in [1.807, 2.05) is 48.5 Å². The molecule has 0 bridgehead atoms. The molecule has 1 saturated heterocycles. The Balaban J connectivity index is 1.43. The molecule has 0 atom stereocenters. The summed E-state index contributed by atoms with van der Waals surface area (Å²) in [7, 11) is 0. The molecule has 6 heteroatoms. The maximum Gasteiger partial charge on any atom is 0.225 e. The quantitative estimate of drug-likeness (QED) is 0.763. The summed E-state index contributed by atoms with van der Waals surface area (Å²) in [6, 6.07) is 15.7. The summed E-state index contributed by atoms with van der Waals surface area (Å²) in [5.74, 6) is 0.764. The number of hydrogen-bond donors (Lipinski definition) is 1. The predicted octanol–water partition coefficient (Wildman–Crippen LogP) is 4.30. The van der Waals surface area contributed by atoms with Gasteiger partial charge in [-0.3, -0.25) is 4.79 Å². The van der Waals surface area contributed by atoms with Crippen molar-refractivity contribution < 1.29 is 9.53 Å². The van der Waals surface area contributed by atoms with Crippen molar-refractivity contribution in [2.45, 2.75) is 11.3 Å². The number of carbonyl (C=O) groups excluding carboxylic acids is 1. The lowest BCUT2D eigenvalue weighted by molar-refractivity contribution is -0.115. The van der Waals surface area contributed by atoms with Crippen LogP contribution in [0.25, 0.3) is 0 Å². The van der Waals surface area contributed by atoms with E-state index in [0.29, 0.717) is 6.42 Å². The van der Waals surface area contributed by atoms with E-state index in [1.54, 1.807) is 11.8 Å². The van der Waals surface area contributed by atoms with Crippen LogP contribution in [0.15, 0.2) is 53.4 Å². The monoisotopic (exact) mass is 376 g/mol. The van der Waals surface area contributed by atoms with Gasteiger partial charge in [-0.15, -0.1) is 11.8 Å². The van der Waals surface area contributed by atoms with E-state index in [1.165, 1.54) is 5.69 Å². The molecule has 132 valence electrons. The summed E-state index contributed by atoms with van der Waals surface area (Å²) < 4.78 is 5.37. The van der Waals surface area contributed by atoms with Crippen LogP contribution in [0.1, 0.15) is 6.42 Å². The van der Waals surface area contributed by atoms with Gasteiger partial charge in [0.15, 0.2) is 0 Å². The number of rotatable bonds is 6. The fraction of sp³-hybridized carbons (Fsp3) is 0.316. The Hall–Kier alpha value is -1.69. The van der Waals surface area contributed by atoms with E-state index < -0.39 is 0 Å². The van der Waals surface area contributed by atoms with E-state index in [0.717, 1.165) is 47.7 Å². The van der Waals surface area contributed by atoms with Crippen molar-refractivity contribution in [3.63, 3.8) is 0 Å². The molecule has 25 heavy (non-hydrogen) atoms. The van der Waals surface area contributed by atoms with Crippen LogP contribution in [0.5, 0.6) is 0 Å². The molecule has 1 aliphatic heterocycles. The fourth-order valence-electron chi connectivity index (χ4n) is 2.59. The van der Waals surface area contributed by atoms with E-state index in [4.69, 9.17) is 16.3 Å². The third-order valence-electron chi connectivity index (χ3n) is 3.94. The number of carbonyl (C=O) groups is 1. The summed E-state index contributed by atoms with van der Waals surface area (Å²) in [6.07, 6.45) is 0.471. The Morgan fingerprint density at radius 3 is 2.44 bits per heavy atom. The highest BCUT2D eigenvalue weighted by Crippen LogP contribution is 2.22. The van der Waals surface area contributed by atoms with Crippen molar-refractivity contribution in [2.24, 2.45) is 0 Å². The number of hydrogen-bond acceptors (Lipinski definition) is 4. The molecule has 4 nitrogen and oxygen atoms in total. The summed E-state index contributed by atoms with van der Waals surface area (Å²) in [5.41, 5.74) is 2.00. The number of nitrogens with one attached hydrogen (secondary N) is 1. The standard InChI is InChI=1S/C19H21ClN2O2S/c20-15-1-7-18(8-2-15)25-14-9-19(23)21-16-3-5-17(6-4-16)22-10-12-24-13-11-22/h1-8H,9-14H2,(H,21,23). The van der Waals surface area contributed by atoms with Gasteiger partial charge >= 0.3 is 0 Å². The lowest BCUT2D eigenvalue weighted by Crippen LogP contribution is -2.36. The maximum absolute atomic E-state index is 12.1. The zero-order valence-electron chi connectivity index (χ0n) is 13.9. The number of thioether (sulfide) groups is 1. The van der Waals surface area contributed by atoms with Crippen LogP contribution in [-0.2, 0) is 9.53 Å². The smallest absolute Gasteiger partial charge is 0.225 e. The van der Waals surface area contributed by atoms with Crippen LogP contribution in [0.4, 0.5) is 11.4 Å². The van der Waals surface area contributed by atoms with Crippen molar-refractivity contribution in [2.75, 3.05) is 42.3 Å². The van der Waals surface area contributed by atoms with Crippen LogP contribution < -0.4 is 10.2 Å². The van der Waals surface area contributed by atoms with Crippen molar-refractivity contribution >= 4 is 40.6 Å². The lowest BCUT2D eigenvalue weighted by Gasteiger charge is -2.28. The molecule has 1 heterocycles. The minimum absolute atomic E-state index is 0.0283. The Kier molecular flexibility index (Phi) is 6.62.